The molecule has 2 rings (SSSR count). The van der Waals surface area contributed by atoms with Crippen molar-refractivity contribution >= 4 is 27.5 Å². The van der Waals surface area contributed by atoms with Crippen LogP contribution in [0.2, 0.25) is 0 Å². The molecule has 108 valence electrons. The standard InChI is InChI=1S/C7H9NOS.C5H9NO.C2H6/c8-5-7(6-9)10-3-1-2-4-10;1-4-2-5(7)6-3-4;1-2/h6H,1-4H2;4H,2-3H2,1H3,(H,6,7);1-2H3. The molecule has 1 atom stereocenters. The SMILES string of the molecule is CC.CC1CNC(=O)C1.N#CC(C=O)=S1CCCC1. The van der Waals surface area contributed by atoms with Gasteiger partial charge in [-0.3, -0.25) is 9.59 Å². The molecule has 1 amide bonds. The molecule has 2 fully saturated rings. The topological polar surface area (TPSA) is 70.0 Å². The Hall–Kier alpha value is -1.15. The Bertz CT molecular complexity index is 364. The molecule has 2 aliphatic heterocycles. The molecular formula is C14H24N2O2S. The number of hydrogen-bond acceptors (Lipinski definition) is 3. The number of nitrogens with zero attached hydrogens (tertiary/aromatic N) is 1. The van der Waals surface area contributed by atoms with Gasteiger partial charge in [0.05, 0.1) is 0 Å². The summed E-state index contributed by atoms with van der Waals surface area (Å²) in [4.78, 5) is 21.1. The molecule has 0 saturated carbocycles. The number of rotatable bonds is 1. The maximum Gasteiger partial charge on any atom is 0.220 e. The number of nitrogens with one attached hydrogen (secondary N) is 1. The van der Waals surface area contributed by atoms with Crippen molar-refractivity contribution in [3.05, 3.63) is 0 Å². The Morgan fingerprint density at radius 3 is 2.26 bits per heavy atom. The third-order valence-corrected chi connectivity index (χ3v) is 5.11. The van der Waals surface area contributed by atoms with Crippen molar-refractivity contribution in [2.24, 2.45) is 5.92 Å². The first-order chi connectivity index (χ1) is 9.17. The Kier molecular flexibility index (Phi) is 10.1. The number of hydrogen-bond donors (Lipinski definition) is 1. The molecule has 0 spiro atoms. The first-order valence-electron chi connectivity index (χ1n) is 6.83. The van der Waals surface area contributed by atoms with Gasteiger partial charge in [0, 0.05) is 13.0 Å². The molecular weight excluding hydrogens is 260 g/mol. The summed E-state index contributed by atoms with van der Waals surface area (Å²) in [5, 5.41) is 11.2. The van der Waals surface area contributed by atoms with E-state index in [-0.39, 0.29) is 16.4 Å². The molecule has 19 heavy (non-hydrogen) atoms. The van der Waals surface area contributed by atoms with Gasteiger partial charge in [-0.15, -0.1) is 0 Å². The summed E-state index contributed by atoms with van der Waals surface area (Å²) in [5.74, 6) is 2.88. The second-order valence-corrected chi connectivity index (χ2v) is 6.56. The smallest absolute Gasteiger partial charge is 0.220 e. The van der Waals surface area contributed by atoms with Crippen molar-refractivity contribution in [1.29, 1.82) is 5.26 Å². The van der Waals surface area contributed by atoms with E-state index in [0.29, 0.717) is 17.1 Å². The van der Waals surface area contributed by atoms with Gasteiger partial charge in [0.15, 0.2) is 6.29 Å². The molecule has 2 heterocycles. The maximum atomic E-state index is 10.3. The summed E-state index contributed by atoms with van der Waals surface area (Å²) in [6, 6.07) is 1.95. The summed E-state index contributed by atoms with van der Waals surface area (Å²) in [7, 11) is 0.0224. The summed E-state index contributed by atoms with van der Waals surface area (Å²) >= 11 is 0. The van der Waals surface area contributed by atoms with E-state index in [4.69, 9.17) is 5.26 Å². The van der Waals surface area contributed by atoms with Gasteiger partial charge in [-0.2, -0.15) is 15.7 Å². The van der Waals surface area contributed by atoms with E-state index in [1.807, 2.05) is 19.9 Å². The first kappa shape index (κ1) is 17.8. The molecule has 0 aromatic heterocycles. The first-order valence-corrected chi connectivity index (χ1v) is 8.40. The summed E-state index contributed by atoms with van der Waals surface area (Å²) in [6.07, 6.45) is 3.80. The van der Waals surface area contributed by atoms with Crippen LogP contribution in [0.1, 0.15) is 40.0 Å². The normalized spacial score (nSPS) is 21.2. The summed E-state index contributed by atoms with van der Waals surface area (Å²) in [5.41, 5.74) is 0. The third-order valence-electron chi connectivity index (χ3n) is 2.74. The van der Waals surface area contributed by atoms with Crippen LogP contribution in [0.5, 0.6) is 0 Å². The largest absolute Gasteiger partial charge is 0.356 e. The molecule has 1 unspecified atom stereocenters. The average molecular weight is 284 g/mol. The molecule has 0 aliphatic carbocycles. The molecule has 1 N–H and O–H groups in total. The fourth-order valence-corrected chi connectivity index (χ4v) is 3.80. The number of carbonyl (C=O) groups is 2. The van der Waals surface area contributed by atoms with E-state index in [2.05, 4.69) is 12.2 Å². The Morgan fingerprint density at radius 2 is 2.00 bits per heavy atom. The second kappa shape index (κ2) is 10.7. The Balaban J connectivity index is 0.000000316. The van der Waals surface area contributed by atoms with E-state index in [0.717, 1.165) is 24.5 Å². The van der Waals surface area contributed by atoms with E-state index in [1.54, 1.807) is 0 Å². The van der Waals surface area contributed by atoms with Gasteiger partial charge in [0.1, 0.15) is 10.9 Å². The van der Waals surface area contributed by atoms with Crippen LogP contribution >= 0.6 is 10.5 Å². The van der Waals surface area contributed by atoms with Gasteiger partial charge in [-0.1, -0.05) is 20.8 Å². The lowest BCUT2D eigenvalue weighted by Crippen LogP contribution is -2.13. The van der Waals surface area contributed by atoms with Crippen LogP contribution in [-0.4, -0.2) is 35.1 Å². The van der Waals surface area contributed by atoms with Gasteiger partial charge < -0.3 is 5.32 Å². The fraction of sp³-hybridized carbons (Fsp3) is 0.714. The lowest BCUT2D eigenvalue weighted by molar-refractivity contribution is -0.119. The highest BCUT2D eigenvalue weighted by molar-refractivity contribution is 8.17. The van der Waals surface area contributed by atoms with Crippen LogP contribution in [0.15, 0.2) is 0 Å². The van der Waals surface area contributed by atoms with Crippen LogP contribution in [0.25, 0.3) is 0 Å². The summed E-state index contributed by atoms with van der Waals surface area (Å²) in [6.45, 7) is 6.94. The van der Waals surface area contributed by atoms with Gasteiger partial charge in [0.25, 0.3) is 0 Å². The number of aldehydes is 1. The lowest BCUT2D eigenvalue weighted by atomic mass is 10.2. The molecule has 4 nitrogen and oxygen atoms in total. The van der Waals surface area contributed by atoms with Crippen molar-refractivity contribution in [2.45, 2.75) is 40.0 Å². The van der Waals surface area contributed by atoms with Crippen LogP contribution < -0.4 is 5.32 Å². The molecule has 0 bridgehead atoms. The minimum Gasteiger partial charge on any atom is -0.356 e. The van der Waals surface area contributed by atoms with Crippen molar-refractivity contribution < 1.29 is 9.59 Å². The van der Waals surface area contributed by atoms with Crippen molar-refractivity contribution in [2.75, 3.05) is 18.1 Å². The Morgan fingerprint density at radius 1 is 1.42 bits per heavy atom. The van der Waals surface area contributed by atoms with Crippen LogP contribution in [0.4, 0.5) is 0 Å². The maximum absolute atomic E-state index is 10.3. The van der Waals surface area contributed by atoms with Gasteiger partial charge in [-0.25, -0.2) is 0 Å². The average Bonchev–Trinajstić information content (AvgIpc) is 3.07. The van der Waals surface area contributed by atoms with Crippen molar-refractivity contribution in [3.63, 3.8) is 0 Å². The summed E-state index contributed by atoms with van der Waals surface area (Å²) < 4.78 is 0. The highest BCUT2D eigenvalue weighted by Crippen LogP contribution is 2.25. The van der Waals surface area contributed by atoms with Crippen molar-refractivity contribution in [3.8, 4) is 6.07 Å². The van der Waals surface area contributed by atoms with Gasteiger partial charge in [0.2, 0.25) is 5.91 Å². The zero-order valence-electron chi connectivity index (χ0n) is 12.1. The van der Waals surface area contributed by atoms with E-state index >= 15 is 0 Å². The quantitative estimate of drug-likeness (QED) is 0.592. The van der Waals surface area contributed by atoms with E-state index in [1.165, 1.54) is 12.8 Å². The fourth-order valence-electron chi connectivity index (χ4n) is 1.78. The van der Waals surface area contributed by atoms with Gasteiger partial charge >= 0.3 is 0 Å². The second-order valence-electron chi connectivity index (χ2n) is 4.32. The Labute approximate surface area is 118 Å². The predicted octanol–water partition coefficient (Wildman–Crippen LogP) is 2.11. The van der Waals surface area contributed by atoms with Crippen LogP contribution in [0.3, 0.4) is 0 Å². The highest BCUT2D eigenvalue weighted by Gasteiger charge is 2.15. The zero-order valence-corrected chi connectivity index (χ0v) is 12.9. The van der Waals surface area contributed by atoms with Gasteiger partial charge in [-0.05, 0) is 30.3 Å². The minimum absolute atomic E-state index is 0.0224. The monoisotopic (exact) mass is 284 g/mol. The molecule has 0 radical (unpaired) electrons. The molecule has 5 heteroatoms. The lowest BCUT2D eigenvalue weighted by Gasteiger charge is -1.94. The molecule has 2 saturated heterocycles. The van der Waals surface area contributed by atoms with E-state index in [9.17, 15) is 9.59 Å². The third kappa shape index (κ3) is 7.12. The number of carbonyl (C=O) groups excluding carboxylic acids is 2. The van der Waals surface area contributed by atoms with Crippen LogP contribution in [-0.2, 0) is 9.59 Å². The molecule has 0 aromatic rings. The zero-order chi connectivity index (χ0) is 14.7. The van der Waals surface area contributed by atoms with E-state index < -0.39 is 0 Å². The van der Waals surface area contributed by atoms with Crippen LogP contribution in [0, 0.1) is 17.2 Å². The van der Waals surface area contributed by atoms with Crippen molar-refractivity contribution in [1.82, 2.24) is 5.32 Å². The minimum atomic E-state index is 0.0224. The number of nitriles is 1. The number of amides is 1. The predicted molar refractivity (Wildman–Crippen MR) is 81.4 cm³/mol. The molecule has 0 aromatic carbocycles. The molecule has 2 aliphatic rings. The highest BCUT2D eigenvalue weighted by atomic mass is 32.2.